The molecule has 3 nitrogen and oxygen atoms in total. The van der Waals surface area contributed by atoms with Gasteiger partial charge in [-0.05, 0) is 36.8 Å². The number of hydrogen-bond donors (Lipinski definition) is 1. The highest BCUT2D eigenvalue weighted by Gasteiger charge is 2.29. The van der Waals surface area contributed by atoms with Gasteiger partial charge in [0.2, 0.25) is 0 Å². The highest BCUT2D eigenvalue weighted by atomic mass is 16.3. The number of aromatic nitrogens is 2. The molecule has 3 heteroatoms. The van der Waals surface area contributed by atoms with Gasteiger partial charge in [0, 0.05) is 11.8 Å². The minimum Gasteiger partial charge on any atom is -0.388 e. The monoisotopic (exact) mass is 272 g/mol. The van der Waals surface area contributed by atoms with Crippen LogP contribution in [-0.2, 0) is 0 Å². The molecule has 0 aromatic carbocycles. The molecule has 2 aromatic rings. The van der Waals surface area contributed by atoms with E-state index < -0.39 is 0 Å². The van der Waals surface area contributed by atoms with Crippen LogP contribution in [-0.4, -0.2) is 14.5 Å². The van der Waals surface area contributed by atoms with Crippen molar-refractivity contribution in [1.82, 2.24) is 9.38 Å². The lowest BCUT2D eigenvalue weighted by Gasteiger charge is -2.17. The average molecular weight is 272 g/mol. The summed E-state index contributed by atoms with van der Waals surface area (Å²) < 4.78 is 2.02. The lowest BCUT2D eigenvalue weighted by atomic mass is 9.95. The lowest BCUT2D eigenvalue weighted by Crippen LogP contribution is -2.04. The van der Waals surface area contributed by atoms with Crippen molar-refractivity contribution < 1.29 is 5.11 Å². The molecule has 1 aliphatic carbocycles. The first-order valence-electron chi connectivity index (χ1n) is 7.93. The number of aliphatic hydroxyl groups is 1. The molecule has 1 atom stereocenters. The van der Waals surface area contributed by atoms with Gasteiger partial charge in [-0.1, -0.05) is 32.6 Å². The van der Waals surface area contributed by atoms with Gasteiger partial charge in [0.1, 0.15) is 0 Å². The van der Waals surface area contributed by atoms with E-state index in [9.17, 15) is 5.11 Å². The largest absolute Gasteiger partial charge is 0.388 e. The molecule has 0 saturated heterocycles. The SMILES string of the molecule is CCCCCCC(O)c1c(C2CC2)ccn2cncc12. The van der Waals surface area contributed by atoms with Crippen molar-refractivity contribution in [1.29, 1.82) is 0 Å². The normalized spacial score (nSPS) is 16.7. The van der Waals surface area contributed by atoms with Crippen LogP contribution in [0.4, 0.5) is 0 Å². The van der Waals surface area contributed by atoms with Gasteiger partial charge in [0.15, 0.2) is 0 Å². The van der Waals surface area contributed by atoms with Crippen molar-refractivity contribution in [2.45, 2.75) is 63.9 Å². The Labute approximate surface area is 120 Å². The zero-order chi connectivity index (χ0) is 13.9. The third-order valence-electron chi connectivity index (χ3n) is 4.35. The highest BCUT2D eigenvalue weighted by molar-refractivity contribution is 5.59. The summed E-state index contributed by atoms with van der Waals surface area (Å²) in [6.45, 7) is 2.22. The van der Waals surface area contributed by atoms with Gasteiger partial charge in [0.25, 0.3) is 0 Å². The van der Waals surface area contributed by atoms with Crippen molar-refractivity contribution in [3.05, 3.63) is 35.9 Å². The second-order valence-electron chi connectivity index (χ2n) is 6.01. The zero-order valence-corrected chi connectivity index (χ0v) is 12.3. The van der Waals surface area contributed by atoms with E-state index in [0.717, 1.165) is 23.9 Å². The summed E-state index contributed by atoms with van der Waals surface area (Å²) in [6, 6.07) is 2.18. The highest BCUT2D eigenvalue weighted by Crippen LogP contribution is 2.44. The van der Waals surface area contributed by atoms with Crippen LogP contribution in [0.5, 0.6) is 0 Å². The Morgan fingerprint density at radius 1 is 1.35 bits per heavy atom. The fourth-order valence-corrected chi connectivity index (χ4v) is 3.05. The predicted molar refractivity (Wildman–Crippen MR) is 80.9 cm³/mol. The van der Waals surface area contributed by atoms with Gasteiger partial charge in [-0.2, -0.15) is 0 Å². The van der Waals surface area contributed by atoms with Crippen molar-refractivity contribution >= 4 is 5.52 Å². The van der Waals surface area contributed by atoms with E-state index in [2.05, 4.69) is 24.2 Å². The first-order valence-corrected chi connectivity index (χ1v) is 7.93. The number of imidazole rings is 1. The number of pyridine rings is 1. The molecule has 1 N–H and O–H groups in total. The number of unbranched alkanes of at least 4 members (excludes halogenated alkanes) is 3. The average Bonchev–Trinajstić information content (AvgIpc) is 3.19. The Balaban J connectivity index is 1.83. The van der Waals surface area contributed by atoms with Crippen LogP contribution < -0.4 is 0 Å². The Hall–Kier alpha value is -1.35. The molecular formula is C17H24N2O. The maximum Gasteiger partial charge on any atom is 0.0992 e. The van der Waals surface area contributed by atoms with Crippen LogP contribution in [0.2, 0.25) is 0 Å². The second kappa shape index (κ2) is 5.96. The smallest absolute Gasteiger partial charge is 0.0992 e. The minimum absolute atomic E-state index is 0.345. The van der Waals surface area contributed by atoms with Gasteiger partial charge in [-0.25, -0.2) is 4.98 Å². The van der Waals surface area contributed by atoms with Crippen LogP contribution in [0.3, 0.4) is 0 Å². The molecule has 3 rings (SSSR count). The van der Waals surface area contributed by atoms with Crippen LogP contribution >= 0.6 is 0 Å². The van der Waals surface area contributed by atoms with E-state index in [1.54, 1.807) is 0 Å². The van der Waals surface area contributed by atoms with Crippen LogP contribution in [0.25, 0.3) is 5.52 Å². The number of nitrogens with zero attached hydrogens (tertiary/aromatic N) is 2. The molecule has 1 unspecified atom stereocenters. The van der Waals surface area contributed by atoms with Gasteiger partial charge < -0.3 is 9.51 Å². The lowest BCUT2D eigenvalue weighted by molar-refractivity contribution is 0.163. The molecule has 108 valence electrons. The predicted octanol–water partition coefficient (Wildman–Crippen LogP) is 4.22. The van der Waals surface area contributed by atoms with Crippen LogP contribution in [0, 0.1) is 0 Å². The first-order chi connectivity index (χ1) is 9.81. The Kier molecular flexibility index (Phi) is 4.06. The first kappa shape index (κ1) is 13.6. The minimum atomic E-state index is -0.345. The molecule has 1 aliphatic rings. The molecule has 2 aromatic heterocycles. The maximum atomic E-state index is 10.7. The van der Waals surface area contributed by atoms with E-state index in [1.165, 1.54) is 37.7 Å². The third kappa shape index (κ3) is 2.73. The Morgan fingerprint density at radius 2 is 2.20 bits per heavy atom. The van der Waals surface area contributed by atoms with Gasteiger partial charge in [-0.15, -0.1) is 0 Å². The summed E-state index contributed by atoms with van der Waals surface area (Å²) in [5.74, 6) is 0.662. The fourth-order valence-electron chi connectivity index (χ4n) is 3.05. The number of rotatable bonds is 7. The molecule has 0 radical (unpaired) electrons. The molecule has 0 amide bonds. The number of aliphatic hydroxyl groups excluding tert-OH is 1. The van der Waals surface area contributed by atoms with E-state index in [-0.39, 0.29) is 6.10 Å². The molecule has 0 spiro atoms. The molecule has 1 saturated carbocycles. The quantitative estimate of drug-likeness (QED) is 0.766. The van der Waals surface area contributed by atoms with Gasteiger partial charge >= 0.3 is 0 Å². The summed E-state index contributed by atoms with van der Waals surface area (Å²) >= 11 is 0. The molecule has 2 heterocycles. The van der Waals surface area contributed by atoms with E-state index in [4.69, 9.17) is 0 Å². The molecule has 20 heavy (non-hydrogen) atoms. The molecular weight excluding hydrogens is 248 g/mol. The number of fused-ring (bicyclic) bond motifs is 1. The summed E-state index contributed by atoms with van der Waals surface area (Å²) in [4.78, 5) is 4.23. The molecule has 0 bridgehead atoms. The van der Waals surface area contributed by atoms with Crippen molar-refractivity contribution in [2.75, 3.05) is 0 Å². The second-order valence-corrected chi connectivity index (χ2v) is 6.01. The number of hydrogen-bond acceptors (Lipinski definition) is 2. The Morgan fingerprint density at radius 3 is 2.95 bits per heavy atom. The van der Waals surface area contributed by atoms with E-state index >= 15 is 0 Å². The van der Waals surface area contributed by atoms with Crippen molar-refractivity contribution in [3.63, 3.8) is 0 Å². The maximum absolute atomic E-state index is 10.7. The summed E-state index contributed by atoms with van der Waals surface area (Å²) in [7, 11) is 0. The van der Waals surface area contributed by atoms with Gasteiger partial charge in [-0.3, -0.25) is 0 Å². The molecule has 0 aliphatic heterocycles. The topological polar surface area (TPSA) is 37.5 Å². The van der Waals surface area contributed by atoms with Crippen molar-refractivity contribution in [3.8, 4) is 0 Å². The summed E-state index contributed by atoms with van der Waals surface area (Å²) in [5, 5.41) is 10.7. The van der Waals surface area contributed by atoms with Gasteiger partial charge in [0.05, 0.1) is 24.1 Å². The fraction of sp³-hybridized carbons (Fsp3) is 0.588. The van der Waals surface area contributed by atoms with Crippen molar-refractivity contribution in [2.24, 2.45) is 0 Å². The molecule has 1 fully saturated rings. The van der Waals surface area contributed by atoms with Crippen LogP contribution in [0.15, 0.2) is 24.8 Å². The standard InChI is InChI=1S/C17H24N2O/c1-2-3-4-5-6-16(20)17-14(13-7-8-13)9-10-19-12-18-11-15(17)19/h9-13,16,20H,2-8H2,1H3. The summed E-state index contributed by atoms with van der Waals surface area (Å²) in [6.07, 6.45) is 13.6. The Bertz CT molecular complexity index is 571. The third-order valence-corrected chi connectivity index (χ3v) is 4.35. The summed E-state index contributed by atoms with van der Waals surface area (Å²) in [5.41, 5.74) is 3.56. The zero-order valence-electron chi connectivity index (χ0n) is 12.3. The van der Waals surface area contributed by atoms with E-state index in [1.807, 2.05) is 16.9 Å². The van der Waals surface area contributed by atoms with E-state index in [0.29, 0.717) is 5.92 Å². The van der Waals surface area contributed by atoms with Crippen LogP contribution in [0.1, 0.15) is 75.0 Å².